The molecule has 2 N–H and O–H groups in total. The van der Waals surface area contributed by atoms with Crippen LogP contribution in [-0.2, 0) is 20.5 Å². The number of aromatic carboxylic acids is 1. The molecule has 6 nitrogen and oxygen atoms in total. The van der Waals surface area contributed by atoms with Gasteiger partial charge in [0.1, 0.15) is 0 Å². The van der Waals surface area contributed by atoms with Crippen molar-refractivity contribution in [1.82, 2.24) is 4.72 Å². The van der Waals surface area contributed by atoms with Crippen LogP contribution in [0.3, 0.4) is 0 Å². The molecule has 0 heterocycles. The topological polar surface area (TPSA) is 92.7 Å². The van der Waals surface area contributed by atoms with E-state index in [1.807, 2.05) is 0 Å². The number of ether oxygens (including phenoxy) is 1. The lowest BCUT2D eigenvalue weighted by atomic mass is 10.1. The molecule has 0 radical (unpaired) electrons. The molecule has 1 aliphatic carbocycles. The van der Waals surface area contributed by atoms with E-state index in [0.717, 1.165) is 19.3 Å². The van der Waals surface area contributed by atoms with Crippen LogP contribution in [0.5, 0.6) is 0 Å². The number of carbonyl (C=O) groups is 1. The summed E-state index contributed by atoms with van der Waals surface area (Å²) in [6, 6.07) is 5.66. The molecule has 7 heteroatoms. The standard InChI is InChI=1S/C14H19NO5S/c1-20-13-4-2-3-12(13)15-21(18,19)9-10-5-7-11(8-6-10)14(16)17/h5-8,12-13,15H,2-4,9H2,1H3,(H,16,17). The maximum Gasteiger partial charge on any atom is 0.335 e. The zero-order valence-electron chi connectivity index (χ0n) is 11.8. The summed E-state index contributed by atoms with van der Waals surface area (Å²) in [7, 11) is -1.89. The number of sulfonamides is 1. The van der Waals surface area contributed by atoms with Crippen LogP contribution >= 0.6 is 0 Å². The number of carboxylic acid groups (broad SMARTS) is 1. The first-order valence-corrected chi connectivity index (χ1v) is 8.41. The highest BCUT2D eigenvalue weighted by Crippen LogP contribution is 2.22. The Morgan fingerprint density at radius 2 is 2.00 bits per heavy atom. The first kappa shape index (κ1) is 15.9. The molecule has 0 spiro atoms. The van der Waals surface area contributed by atoms with Gasteiger partial charge >= 0.3 is 5.97 Å². The molecule has 116 valence electrons. The van der Waals surface area contributed by atoms with Crippen LogP contribution < -0.4 is 4.72 Å². The van der Waals surface area contributed by atoms with Crippen LogP contribution in [0.25, 0.3) is 0 Å². The van der Waals surface area contributed by atoms with Gasteiger partial charge in [0.25, 0.3) is 0 Å². The third kappa shape index (κ3) is 4.26. The van der Waals surface area contributed by atoms with E-state index in [-0.39, 0.29) is 23.5 Å². The first-order chi connectivity index (χ1) is 9.91. The lowest BCUT2D eigenvalue weighted by molar-refractivity contribution is 0.0697. The first-order valence-electron chi connectivity index (χ1n) is 6.76. The summed E-state index contributed by atoms with van der Waals surface area (Å²) in [5, 5.41) is 8.81. The Labute approximate surface area is 124 Å². The van der Waals surface area contributed by atoms with Crippen molar-refractivity contribution in [1.29, 1.82) is 0 Å². The Balaban J connectivity index is 2.02. The lowest BCUT2D eigenvalue weighted by Gasteiger charge is -2.19. The molecule has 21 heavy (non-hydrogen) atoms. The minimum atomic E-state index is -3.47. The minimum Gasteiger partial charge on any atom is -0.478 e. The minimum absolute atomic E-state index is 0.0749. The van der Waals surface area contributed by atoms with Gasteiger partial charge in [-0.15, -0.1) is 0 Å². The van der Waals surface area contributed by atoms with Crippen molar-refractivity contribution in [2.75, 3.05) is 7.11 Å². The molecule has 1 aliphatic rings. The highest BCUT2D eigenvalue weighted by molar-refractivity contribution is 7.88. The van der Waals surface area contributed by atoms with Crippen LogP contribution in [0.1, 0.15) is 35.2 Å². The number of hydrogen-bond donors (Lipinski definition) is 2. The largest absolute Gasteiger partial charge is 0.478 e. The number of benzene rings is 1. The fourth-order valence-electron chi connectivity index (χ4n) is 2.58. The lowest BCUT2D eigenvalue weighted by Crippen LogP contribution is -2.41. The summed E-state index contributed by atoms with van der Waals surface area (Å²) in [5.41, 5.74) is 0.693. The van der Waals surface area contributed by atoms with E-state index in [9.17, 15) is 13.2 Å². The van der Waals surface area contributed by atoms with Gasteiger partial charge in [0.2, 0.25) is 10.0 Å². The third-order valence-electron chi connectivity index (χ3n) is 3.64. The van der Waals surface area contributed by atoms with Gasteiger partial charge < -0.3 is 9.84 Å². The van der Waals surface area contributed by atoms with Crippen molar-refractivity contribution in [3.63, 3.8) is 0 Å². The maximum atomic E-state index is 12.2. The second-order valence-corrected chi connectivity index (χ2v) is 6.94. The molecule has 1 fully saturated rings. The summed E-state index contributed by atoms with van der Waals surface area (Å²) in [4.78, 5) is 10.8. The Kier molecular flexibility index (Phi) is 4.97. The average Bonchev–Trinajstić information content (AvgIpc) is 2.85. The Hall–Kier alpha value is -1.44. The van der Waals surface area contributed by atoms with Gasteiger partial charge in [0.15, 0.2) is 0 Å². The van der Waals surface area contributed by atoms with Crippen LogP contribution in [0.15, 0.2) is 24.3 Å². The molecule has 0 saturated heterocycles. The van der Waals surface area contributed by atoms with E-state index in [0.29, 0.717) is 5.56 Å². The fraction of sp³-hybridized carbons (Fsp3) is 0.500. The molecule has 2 unspecified atom stereocenters. The van der Waals surface area contributed by atoms with Gasteiger partial charge in [-0.1, -0.05) is 12.1 Å². The number of rotatable bonds is 6. The van der Waals surface area contributed by atoms with Gasteiger partial charge in [0.05, 0.1) is 17.4 Å². The van der Waals surface area contributed by atoms with Crippen molar-refractivity contribution in [2.24, 2.45) is 0 Å². The highest BCUT2D eigenvalue weighted by Gasteiger charge is 2.30. The van der Waals surface area contributed by atoms with E-state index in [1.165, 1.54) is 24.3 Å². The smallest absolute Gasteiger partial charge is 0.335 e. The van der Waals surface area contributed by atoms with Crippen molar-refractivity contribution in [3.05, 3.63) is 35.4 Å². The SMILES string of the molecule is COC1CCCC1NS(=O)(=O)Cc1ccc(C(=O)O)cc1. The van der Waals surface area contributed by atoms with Crippen molar-refractivity contribution in [2.45, 2.75) is 37.2 Å². The molecule has 2 atom stereocenters. The van der Waals surface area contributed by atoms with Crippen molar-refractivity contribution < 1.29 is 23.1 Å². The number of methoxy groups -OCH3 is 1. The van der Waals surface area contributed by atoms with Crippen LogP contribution in [-0.4, -0.2) is 38.7 Å². The fourth-order valence-corrected chi connectivity index (χ4v) is 4.02. The molecule has 0 bridgehead atoms. The van der Waals surface area contributed by atoms with Gasteiger partial charge in [-0.2, -0.15) is 0 Å². The van der Waals surface area contributed by atoms with E-state index >= 15 is 0 Å². The third-order valence-corrected chi connectivity index (χ3v) is 5.02. The summed E-state index contributed by atoms with van der Waals surface area (Å²) >= 11 is 0. The molecule has 1 aromatic carbocycles. The Morgan fingerprint density at radius 1 is 1.33 bits per heavy atom. The molecule has 0 aliphatic heterocycles. The Bertz CT molecular complexity index is 596. The van der Waals surface area contributed by atoms with E-state index in [1.54, 1.807) is 7.11 Å². The molecular weight excluding hydrogens is 294 g/mol. The van der Waals surface area contributed by atoms with Gasteiger partial charge in [-0.05, 0) is 37.0 Å². The van der Waals surface area contributed by atoms with Gasteiger partial charge in [-0.25, -0.2) is 17.9 Å². The van der Waals surface area contributed by atoms with E-state index in [4.69, 9.17) is 9.84 Å². The number of nitrogens with one attached hydrogen (secondary N) is 1. The Morgan fingerprint density at radius 3 is 2.57 bits per heavy atom. The van der Waals surface area contributed by atoms with Crippen LogP contribution in [0.2, 0.25) is 0 Å². The molecular formula is C14H19NO5S. The van der Waals surface area contributed by atoms with Crippen LogP contribution in [0.4, 0.5) is 0 Å². The maximum absolute atomic E-state index is 12.2. The predicted molar refractivity (Wildman–Crippen MR) is 77.6 cm³/mol. The second kappa shape index (κ2) is 6.55. The summed E-state index contributed by atoms with van der Waals surface area (Å²) in [5.74, 6) is -1.20. The predicted octanol–water partition coefficient (Wildman–Crippen LogP) is 1.37. The molecule has 2 rings (SSSR count). The van der Waals surface area contributed by atoms with Crippen molar-refractivity contribution >= 4 is 16.0 Å². The van der Waals surface area contributed by atoms with Crippen molar-refractivity contribution in [3.8, 4) is 0 Å². The summed E-state index contributed by atoms with van der Waals surface area (Å²) in [6.07, 6.45) is 2.50. The van der Waals surface area contributed by atoms with Gasteiger partial charge in [0, 0.05) is 13.2 Å². The van der Waals surface area contributed by atoms with Crippen LogP contribution in [0, 0.1) is 0 Å². The summed E-state index contributed by atoms with van der Waals surface area (Å²) < 4.78 is 32.2. The number of hydrogen-bond acceptors (Lipinski definition) is 4. The molecule has 0 amide bonds. The zero-order chi connectivity index (χ0) is 15.5. The molecule has 0 aromatic heterocycles. The monoisotopic (exact) mass is 313 g/mol. The summed E-state index contributed by atoms with van der Waals surface area (Å²) in [6.45, 7) is 0. The molecule has 1 saturated carbocycles. The highest BCUT2D eigenvalue weighted by atomic mass is 32.2. The number of carboxylic acids is 1. The van der Waals surface area contributed by atoms with Gasteiger partial charge in [-0.3, -0.25) is 0 Å². The van der Waals surface area contributed by atoms with E-state index in [2.05, 4.69) is 4.72 Å². The second-order valence-electron chi connectivity index (χ2n) is 5.19. The normalized spacial score (nSPS) is 22.3. The average molecular weight is 313 g/mol. The zero-order valence-corrected chi connectivity index (χ0v) is 12.6. The van der Waals surface area contributed by atoms with E-state index < -0.39 is 16.0 Å². The quantitative estimate of drug-likeness (QED) is 0.827. The molecule has 1 aromatic rings.